The average molecular weight is 1410 g/mol. The number of ether oxygens (including phenoxy) is 4. The number of aliphatic hydroxyl groups is 1. The van der Waals surface area contributed by atoms with Crippen molar-refractivity contribution >= 4 is 39.5 Å². The van der Waals surface area contributed by atoms with Crippen molar-refractivity contribution in [1.29, 1.82) is 0 Å². The van der Waals surface area contributed by atoms with Crippen LogP contribution in [-0.2, 0) is 65.4 Å². The first-order chi connectivity index (χ1) is 46.1. The van der Waals surface area contributed by atoms with Crippen LogP contribution in [0.4, 0.5) is 0 Å². The predicted molar refractivity (Wildman–Crippen MR) is 391 cm³/mol. The van der Waals surface area contributed by atoms with Gasteiger partial charge in [0.1, 0.15) is 19.3 Å². The number of phosphoric ester groups is 2. The van der Waals surface area contributed by atoms with Crippen LogP contribution >= 0.6 is 15.6 Å². The number of carbonyl (C=O) groups excluding carboxylic acids is 4. The Labute approximate surface area is 588 Å². The van der Waals surface area contributed by atoms with Crippen molar-refractivity contribution in [1.82, 2.24) is 0 Å². The molecule has 5 atom stereocenters. The number of hydrogen-bond donors (Lipinski definition) is 3. The molecule has 0 heterocycles. The first-order valence-corrected chi connectivity index (χ1v) is 42.7. The highest BCUT2D eigenvalue weighted by Gasteiger charge is 2.30. The first kappa shape index (κ1) is 94.1. The molecule has 0 bridgehead atoms. The number of aliphatic hydroxyl groups excluding tert-OH is 1. The van der Waals surface area contributed by atoms with Gasteiger partial charge in [-0.1, -0.05) is 338 Å². The van der Waals surface area contributed by atoms with Crippen LogP contribution in [0.15, 0.2) is 0 Å². The molecule has 19 heteroatoms. The van der Waals surface area contributed by atoms with E-state index in [9.17, 15) is 43.2 Å². The number of carbonyl (C=O) groups is 4. The molecule has 0 aliphatic heterocycles. The molecular weight excluding hydrogens is 1260 g/mol. The summed E-state index contributed by atoms with van der Waals surface area (Å²) < 4.78 is 68.5. The number of phosphoric acid groups is 2. The number of hydrogen-bond acceptors (Lipinski definition) is 15. The fourth-order valence-electron chi connectivity index (χ4n) is 11.7. The summed E-state index contributed by atoms with van der Waals surface area (Å²) in [7, 11) is -9.91. The molecule has 0 rings (SSSR count). The number of esters is 4. The summed E-state index contributed by atoms with van der Waals surface area (Å²) in [5.74, 6) is 0.900. The molecule has 570 valence electrons. The molecular formula is C77H150O17P2. The quantitative estimate of drug-likeness (QED) is 0.0222. The van der Waals surface area contributed by atoms with Crippen molar-refractivity contribution in [3.63, 3.8) is 0 Å². The van der Waals surface area contributed by atoms with E-state index in [0.29, 0.717) is 31.6 Å². The van der Waals surface area contributed by atoms with Crippen LogP contribution in [0.25, 0.3) is 0 Å². The molecule has 17 nitrogen and oxygen atoms in total. The van der Waals surface area contributed by atoms with E-state index in [-0.39, 0.29) is 25.7 Å². The highest BCUT2D eigenvalue weighted by atomic mass is 31.2. The van der Waals surface area contributed by atoms with Gasteiger partial charge in [0, 0.05) is 25.7 Å². The van der Waals surface area contributed by atoms with Gasteiger partial charge in [0.15, 0.2) is 12.2 Å². The van der Waals surface area contributed by atoms with Gasteiger partial charge < -0.3 is 33.8 Å². The maximum atomic E-state index is 13.1. The Balaban J connectivity index is 5.19. The molecule has 0 saturated heterocycles. The van der Waals surface area contributed by atoms with Crippen molar-refractivity contribution < 1.29 is 80.2 Å². The minimum absolute atomic E-state index is 0.104. The molecule has 96 heavy (non-hydrogen) atoms. The molecule has 3 unspecified atom stereocenters. The van der Waals surface area contributed by atoms with E-state index in [1.807, 2.05) is 0 Å². The Morgan fingerprint density at radius 1 is 0.260 bits per heavy atom. The monoisotopic (exact) mass is 1410 g/mol. The van der Waals surface area contributed by atoms with Crippen molar-refractivity contribution in [2.24, 2.45) is 23.7 Å². The van der Waals surface area contributed by atoms with Crippen LogP contribution in [-0.4, -0.2) is 96.7 Å². The molecule has 0 saturated carbocycles. The second-order valence-electron chi connectivity index (χ2n) is 29.7. The lowest BCUT2D eigenvalue weighted by molar-refractivity contribution is -0.161. The van der Waals surface area contributed by atoms with E-state index in [2.05, 4.69) is 55.4 Å². The Bertz CT molecular complexity index is 1880. The highest BCUT2D eigenvalue weighted by molar-refractivity contribution is 7.47. The van der Waals surface area contributed by atoms with Gasteiger partial charge in [-0.25, -0.2) is 9.13 Å². The van der Waals surface area contributed by atoms with Crippen LogP contribution in [0.2, 0.25) is 0 Å². The maximum Gasteiger partial charge on any atom is 0.472 e. The summed E-state index contributed by atoms with van der Waals surface area (Å²) in [6.07, 6.45) is 51.5. The summed E-state index contributed by atoms with van der Waals surface area (Å²) in [5, 5.41) is 10.6. The Morgan fingerprint density at radius 3 is 0.646 bits per heavy atom. The summed E-state index contributed by atoms with van der Waals surface area (Å²) in [6, 6.07) is 0. The topological polar surface area (TPSA) is 237 Å². The second kappa shape index (κ2) is 66.3. The van der Waals surface area contributed by atoms with E-state index in [1.165, 1.54) is 186 Å². The molecule has 0 aliphatic rings. The number of unbranched alkanes of at least 4 members (excludes halogenated alkanes) is 40. The third kappa shape index (κ3) is 70.5. The third-order valence-electron chi connectivity index (χ3n) is 17.8. The third-order valence-corrected chi connectivity index (χ3v) is 19.7. The fourth-order valence-corrected chi connectivity index (χ4v) is 13.3. The zero-order chi connectivity index (χ0) is 71.0. The standard InChI is InChI=1S/C77H150O17P2/c1-67(2)53-45-37-29-22-18-14-11-9-10-12-16-20-24-33-41-49-57-74(79)87-63-72(94-77(82)60-52-44-35-27-26-31-39-47-55-69(5)6)65-91-95(83,84)89-61-71(78)62-90-96(85,86)92-66-73(64-88-75(80)58-50-42-36-28-32-40-48-56-70(7)8)93-76(81)59-51-43-34-25-21-17-13-15-19-23-30-38-46-54-68(3)4/h67-73,78H,9-66H2,1-8H3,(H,83,84)(H,85,86)/t71?,72-,73-/m1/s1. The molecule has 0 aliphatic carbocycles. The highest BCUT2D eigenvalue weighted by Crippen LogP contribution is 2.45. The van der Waals surface area contributed by atoms with E-state index >= 15 is 0 Å². The maximum absolute atomic E-state index is 13.1. The van der Waals surface area contributed by atoms with Crippen molar-refractivity contribution in [3.05, 3.63) is 0 Å². The van der Waals surface area contributed by atoms with Crippen molar-refractivity contribution in [3.8, 4) is 0 Å². The Hall–Kier alpha value is -1.94. The lowest BCUT2D eigenvalue weighted by Gasteiger charge is -2.21. The van der Waals surface area contributed by atoms with Gasteiger partial charge in [0.2, 0.25) is 0 Å². The predicted octanol–water partition coefficient (Wildman–Crippen LogP) is 22.4. The molecule has 3 N–H and O–H groups in total. The normalized spacial score (nSPS) is 14.1. The van der Waals surface area contributed by atoms with Gasteiger partial charge in [0.05, 0.1) is 26.4 Å². The summed E-state index contributed by atoms with van der Waals surface area (Å²) in [5.41, 5.74) is 0. The lowest BCUT2D eigenvalue weighted by atomic mass is 10.0. The van der Waals surface area contributed by atoms with Crippen molar-refractivity contribution in [2.45, 2.75) is 408 Å². The summed E-state index contributed by atoms with van der Waals surface area (Å²) in [6.45, 7) is 14.2. The molecule has 0 amide bonds. The number of rotatable bonds is 74. The van der Waals surface area contributed by atoms with E-state index in [0.717, 1.165) is 114 Å². The SMILES string of the molecule is CC(C)CCCCCCCCCCCCCCCCCCC(=O)OC[C@H](COP(=O)(O)OCC(O)COP(=O)(O)OC[C@@H](COC(=O)CCCCCCCCCC(C)C)OC(=O)CCCCCCCCCCCCCCCC(C)C)OC(=O)CCCCCCCCCCC(C)C. The Kier molecular flexibility index (Phi) is 65.0. The summed E-state index contributed by atoms with van der Waals surface area (Å²) in [4.78, 5) is 72.8. The average Bonchev–Trinajstić information content (AvgIpc) is 3.20. The summed E-state index contributed by atoms with van der Waals surface area (Å²) >= 11 is 0. The van der Waals surface area contributed by atoms with Crippen LogP contribution in [0, 0.1) is 23.7 Å². The van der Waals surface area contributed by atoms with Gasteiger partial charge >= 0.3 is 39.5 Å². The molecule has 0 radical (unpaired) electrons. The van der Waals surface area contributed by atoms with Gasteiger partial charge in [-0.15, -0.1) is 0 Å². The minimum Gasteiger partial charge on any atom is -0.462 e. The lowest BCUT2D eigenvalue weighted by Crippen LogP contribution is -2.30. The van der Waals surface area contributed by atoms with Crippen LogP contribution in [0.5, 0.6) is 0 Å². The van der Waals surface area contributed by atoms with E-state index in [1.54, 1.807) is 0 Å². The van der Waals surface area contributed by atoms with Crippen LogP contribution in [0.3, 0.4) is 0 Å². The largest absolute Gasteiger partial charge is 0.472 e. The smallest absolute Gasteiger partial charge is 0.462 e. The van der Waals surface area contributed by atoms with Crippen molar-refractivity contribution in [2.75, 3.05) is 39.6 Å². The van der Waals surface area contributed by atoms with Crippen LogP contribution in [0.1, 0.15) is 389 Å². The van der Waals surface area contributed by atoms with Gasteiger partial charge in [-0.05, 0) is 49.4 Å². The fraction of sp³-hybridized carbons (Fsp3) is 0.948. The zero-order valence-electron chi connectivity index (χ0n) is 63.0. The van der Waals surface area contributed by atoms with E-state index in [4.69, 9.17) is 37.0 Å². The molecule has 0 aromatic carbocycles. The molecule has 0 aromatic rings. The molecule has 0 aromatic heterocycles. The van der Waals surface area contributed by atoms with Gasteiger partial charge in [-0.3, -0.25) is 37.3 Å². The molecule has 0 spiro atoms. The minimum atomic E-state index is -4.96. The van der Waals surface area contributed by atoms with E-state index < -0.39 is 97.5 Å². The van der Waals surface area contributed by atoms with Gasteiger partial charge in [-0.2, -0.15) is 0 Å². The molecule has 0 fully saturated rings. The Morgan fingerprint density at radius 2 is 0.438 bits per heavy atom. The van der Waals surface area contributed by atoms with Gasteiger partial charge in [0.25, 0.3) is 0 Å². The second-order valence-corrected chi connectivity index (χ2v) is 32.6. The first-order valence-electron chi connectivity index (χ1n) is 39.7. The van der Waals surface area contributed by atoms with Crippen LogP contribution < -0.4 is 0 Å². The zero-order valence-corrected chi connectivity index (χ0v) is 64.8.